The summed E-state index contributed by atoms with van der Waals surface area (Å²) in [5, 5.41) is 8.98. The molecule has 0 saturated heterocycles. The van der Waals surface area contributed by atoms with Crippen LogP contribution in [0.3, 0.4) is 0 Å². The standard InChI is InChI=1S/C11H13ClN2O3S/c1-2-17-5-6-18(15,16)14-11-7-9(8-13)3-4-10(11)12/h3-4,7,14H,2,5-6H2,1H3. The molecule has 0 bridgehead atoms. The summed E-state index contributed by atoms with van der Waals surface area (Å²) in [6, 6.07) is 6.29. The van der Waals surface area contributed by atoms with E-state index < -0.39 is 10.0 Å². The number of benzene rings is 1. The SMILES string of the molecule is CCOCCS(=O)(=O)Nc1cc(C#N)ccc1Cl. The molecule has 18 heavy (non-hydrogen) atoms. The lowest BCUT2D eigenvalue weighted by atomic mass is 10.2. The molecule has 0 fully saturated rings. The van der Waals surface area contributed by atoms with E-state index in [0.717, 1.165) is 0 Å². The summed E-state index contributed by atoms with van der Waals surface area (Å²) in [4.78, 5) is 0. The van der Waals surface area contributed by atoms with Gasteiger partial charge in [0.2, 0.25) is 10.0 Å². The van der Waals surface area contributed by atoms with Crippen LogP contribution in [-0.4, -0.2) is 27.4 Å². The van der Waals surface area contributed by atoms with Crippen molar-refractivity contribution >= 4 is 27.3 Å². The molecule has 0 saturated carbocycles. The minimum Gasteiger partial charge on any atom is -0.381 e. The summed E-state index contributed by atoms with van der Waals surface area (Å²) < 4.78 is 30.7. The molecule has 0 spiro atoms. The molecule has 98 valence electrons. The van der Waals surface area contributed by atoms with Crippen LogP contribution in [0.2, 0.25) is 5.02 Å². The maximum atomic E-state index is 11.7. The lowest BCUT2D eigenvalue weighted by molar-refractivity contribution is 0.163. The number of ether oxygens (including phenoxy) is 1. The van der Waals surface area contributed by atoms with Crippen molar-refractivity contribution in [2.45, 2.75) is 6.92 Å². The van der Waals surface area contributed by atoms with E-state index in [9.17, 15) is 8.42 Å². The fourth-order valence-electron chi connectivity index (χ4n) is 1.20. The largest absolute Gasteiger partial charge is 0.381 e. The summed E-state index contributed by atoms with van der Waals surface area (Å²) in [5.74, 6) is -0.159. The van der Waals surface area contributed by atoms with Crippen molar-refractivity contribution in [2.75, 3.05) is 23.7 Å². The number of anilines is 1. The van der Waals surface area contributed by atoms with Gasteiger partial charge in [-0.2, -0.15) is 5.26 Å². The number of sulfonamides is 1. The van der Waals surface area contributed by atoms with Crippen molar-refractivity contribution in [1.82, 2.24) is 0 Å². The maximum Gasteiger partial charge on any atom is 0.235 e. The van der Waals surface area contributed by atoms with Gasteiger partial charge < -0.3 is 4.74 Å². The molecule has 0 aliphatic carbocycles. The minimum absolute atomic E-state index is 0.112. The normalized spacial score (nSPS) is 10.9. The monoisotopic (exact) mass is 288 g/mol. The van der Waals surface area contributed by atoms with E-state index in [-0.39, 0.29) is 23.1 Å². The van der Waals surface area contributed by atoms with Crippen LogP contribution in [0, 0.1) is 11.3 Å². The number of rotatable bonds is 6. The van der Waals surface area contributed by atoms with Crippen molar-refractivity contribution in [3.8, 4) is 6.07 Å². The molecule has 0 radical (unpaired) electrons. The van der Waals surface area contributed by atoms with Crippen molar-refractivity contribution in [1.29, 1.82) is 5.26 Å². The van der Waals surface area contributed by atoms with Gasteiger partial charge in [0.15, 0.2) is 0 Å². The second kappa shape index (κ2) is 6.59. The number of hydrogen-bond acceptors (Lipinski definition) is 4. The summed E-state index contributed by atoms with van der Waals surface area (Å²) >= 11 is 5.85. The van der Waals surface area contributed by atoms with Gasteiger partial charge in [-0.25, -0.2) is 8.42 Å². The smallest absolute Gasteiger partial charge is 0.235 e. The fraction of sp³-hybridized carbons (Fsp3) is 0.364. The predicted octanol–water partition coefficient (Wildman–Crippen LogP) is 1.99. The average molecular weight is 289 g/mol. The zero-order valence-corrected chi connectivity index (χ0v) is 11.4. The van der Waals surface area contributed by atoms with Gasteiger partial charge in [-0.1, -0.05) is 11.6 Å². The fourth-order valence-corrected chi connectivity index (χ4v) is 2.37. The zero-order valence-electron chi connectivity index (χ0n) is 9.81. The number of nitrogens with zero attached hydrogens (tertiary/aromatic N) is 1. The van der Waals surface area contributed by atoms with E-state index in [4.69, 9.17) is 21.6 Å². The van der Waals surface area contributed by atoms with Gasteiger partial charge in [0.1, 0.15) is 0 Å². The number of hydrogen-bond donors (Lipinski definition) is 1. The number of halogens is 1. The molecule has 1 N–H and O–H groups in total. The van der Waals surface area contributed by atoms with Gasteiger partial charge >= 0.3 is 0 Å². The molecule has 0 aliphatic heterocycles. The first-order chi connectivity index (χ1) is 8.48. The van der Waals surface area contributed by atoms with Crippen LogP contribution in [0.5, 0.6) is 0 Å². The van der Waals surface area contributed by atoms with Gasteiger partial charge in [-0.3, -0.25) is 4.72 Å². The Bertz CT molecular complexity index is 552. The van der Waals surface area contributed by atoms with Gasteiger partial charge in [0.05, 0.1) is 34.7 Å². The lowest BCUT2D eigenvalue weighted by Gasteiger charge is -2.09. The van der Waals surface area contributed by atoms with Crippen LogP contribution in [0.4, 0.5) is 5.69 Å². The number of nitrogens with one attached hydrogen (secondary N) is 1. The molecule has 1 rings (SSSR count). The molecule has 0 aliphatic rings. The van der Waals surface area contributed by atoms with Gasteiger partial charge in [0, 0.05) is 6.61 Å². The molecule has 0 unspecified atom stereocenters. The van der Waals surface area contributed by atoms with Crippen molar-refractivity contribution in [3.05, 3.63) is 28.8 Å². The first-order valence-corrected chi connectivity index (χ1v) is 7.29. The average Bonchev–Trinajstić information content (AvgIpc) is 2.32. The van der Waals surface area contributed by atoms with Crippen molar-refractivity contribution in [2.24, 2.45) is 0 Å². The second-order valence-electron chi connectivity index (χ2n) is 3.42. The highest BCUT2D eigenvalue weighted by atomic mass is 35.5. The highest BCUT2D eigenvalue weighted by molar-refractivity contribution is 7.92. The van der Waals surface area contributed by atoms with Crippen molar-refractivity contribution in [3.63, 3.8) is 0 Å². The molecule has 0 amide bonds. The summed E-state index contributed by atoms with van der Waals surface area (Å²) in [6.07, 6.45) is 0. The molecule has 5 nitrogen and oxygen atoms in total. The van der Waals surface area contributed by atoms with Crippen LogP contribution in [-0.2, 0) is 14.8 Å². The van der Waals surface area contributed by atoms with E-state index in [2.05, 4.69) is 4.72 Å². The third-order valence-electron chi connectivity index (χ3n) is 2.06. The summed E-state index contributed by atoms with van der Waals surface area (Å²) in [7, 11) is -3.52. The first-order valence-electron chi connectivity index (χ1n) is 5.26. The summed E-state index contributed by atoms with van der Waals surface area (Å²) in [5.41, 5.74) is 0.536. The minimum atomic E-state index is -3.52. The quantitative estimate of drug-likeness (QED) is 0.812. The lowest BCUT2D eigenvalue weighted by Crippen LogP contribution is -2.20. The predicted molar refractivity (Wildman–Crippen MR) is 70.1 cm³/mol. The topological polar surface area (TPSA) is 79.2 Å². The molecular weight excluding hydrogens is 276 g/mol. The molecule has 7 heteroatoms. The molecule has 1 aromatic rings. The Labute approximate surface area is 111 Å². The summed E-state index contributed by atoms with van der Waals surface area (Å²) in [6.45, 7) is 2.36. The Morgan fingerprint density at radius 3 is 2.83 bits per heavy atom. The van der Waals surface area contributed by atoms with Crippen molar-refractivity contribution < 1.29 is 13.2 Å². The third kappa shape index (κ3) is 4.53. The Morgan fingerprint density at radius 1 is 1.50 bits per heavy atom. The van der Waals surface area contributed by atoms with Crippen LogP contribution in [0.25, 0.3) is 0 Å². The molecular formula is C11H13ClN2O3S. The zero-order chi connectivity index (χ0) is 13.6. The van der Waals surface area contributed by atoms with E-state index in [1.54, 1.807) is 6.92 Å². The highest BCUT2D eigenvalue weighted by Crippen LogP contribution is 2.23. The molecule has 1 aromatic carbocycles. The van der Waals surface area contributed by atoms with Gasteiger partial charge in [-0.05, 0) is 25.1 Å². The Hall–Kier alpha value is -1.29. The second-order valence-corrected chi connectivity index (χ2v) is 5.67. The Morgan fingerprint density at radius 2 is 2.22 bits per heavy atom. The van der Waals surface area contributed by atoms with E-state index in [1.165, 1.54) is 18.2 Å². The number of nitriles is 1. The van der Waals surface area contributed by atoms with Crippen LogP contribution in [0.15, 0.2) is 18.2 Å². The molecule has 0 atom stereocenters. The van der Waals surface area contributed by atoms with Gasteiger partial charge in [-0.15, -0.1) is 0 Å². The molecule has 0 aromatic heterocycles. The highest BCUT2D eigenvalue weighted by Gasteiger charge is 2.12. The Kier molecular flexibility index (Phi) is 5.41. The van der Waals surface area contributed by atoms with Gasteiger partial charge in [0.25, 0.3) is 0 Å². The van der Waals surface area contributed by atoms with Crippen LogP contribution >= 0.6 is 11.6 Å². The molecule has 0 heterocycles. The third-order valence-corrected chi connectivity index (χ3v) is 3.63. The van der Waals surface area contributed by atoms with Crippen LogP contribution < -0.4 is 4.72 Å². The van der Waals surface area contributed by atoms with E-state index >= 15 is 0 Å². The van der Waals surface area contributed by atoms with Crippen LogP contribution in [0.1, 0.15) is 12.5 Å². The Balaban J connectivity index is 2.81. The van der Waals surface area contributed by atoms with E-state index in [1.807, 2.05) is 6.07 Å². The maximum absolute atomic E-state index is 11.7. The van der Waals surface area contributed by atoms with E-state index in [0.29, 0.717) is 12.2 Å². The first kappa shape index (κ1) is 14.8.